The van der Waals surface area contributed by atoms with Gasteiger partial charge in [-0.1, -0.05) is 45.1 Å². The van der Waals surface area contributed by atoms with Crippen molar-refractivity contribution in [2.75, 3.05) is 26.2 Å². The predicted octanol–water partition coefficient (Wildman–Crippen LogP) is 4.23. The van der Waals surface area contributed by atoms with Gasteiger partial charge in [-0.15, -0.1) is 5.10 Å². The van der Waals surface area contributed by atoms with Gasteiger partial charge in [0.05, 0.1) is 6.04 Å². The van der Waals surface area contributed by atoms with Crippen LogP contribution in [0.5, 0.6) is 0 Å². The highest BCUT2D eigenvalue weighted by molar-refractivity contribution is 5.80. The molecule has 8 heteroatoms. The molecule has 0 spiro atoms. The molecule has 0 amide bonds. The number of aryl methyl sites for hydroxylation is 1. The lowest BCUT2D eigenvalue weighted by molar-refractivity contribution is 0.0613. The number of aromatic amines is 1. The number of tetrazole rings is 1. The van der Waals surface area contributed by atoms with E-state index in [2.05, 4.69) is 55.4 Å². The van der Waals surface area contributed by atoms with Crippen LogP contribution < -0.4 is 5.56 Å². The van der Waals surface area contributed by atoms with Gasteiger partial charge in [0, 0.05) is 43.3 Å². The molecule has 0 radical (unpaired) electrons. The average Bonchev–Trinajstić information content (AvgIpc) is 3.62. The first-order chi connectivity index (χ1) is 17.7. The summed E-state index contributed by atoms with van der Waals surface area (Å²) in [6.07, 6.45) is 12.4. The van der Waals surface area contributed by atoms with Crippen molar-refractivity contribution in [1.29, 1.82) is 0 Å². The zero-order valence-corrected chi connectivity index (χ0v) is 21.5. The van der Waals surface area contributed by atoms with Gasteiger partial charge < -0.3 is 4.98 Å². The van der Waals surface area contributed by atoms with Crippen molar-refractivity contribution < 1.29 is 0 Å². The van der Waals surface area contributed by atoms with Gasteiger partial charge in [-0.05, 0) is 71.7 Å². The van der Waals surface area contributed by atoms with Crippen molar-refractivity contribution in [1.82, 2.24) is 35.0 Å². The van der Waals surface area contributed by atoms with Gasteiger partial charge in [0.25, 0.3) is 5.56 Å². The predicted molar refractivity (Wildman–Crippen MR) is 141 cm³/mol. The topological polar surface area (TPSA) is 82.9 Å². The number of rotatable bonds is 6. The van der Waals surface area contributed by atoms with E-state index in [9.17, 15) is 4.79 Å². The van der Waals surface area contributed by atoms with Crippen LogP contribution in [0.4, 0.5) is 0 Å². The van der Waals surface area contributed by atoms with Crippen LogP contribution >= 0.6 is 0 Å². The minimum atomic E-state index is -0.243. The first kappa shape index (κ1) is 23.8. The number of benzene rings is 1. The van der Waals surface area contributed by atoms with Crippen molar-refractivity contribution in [3.8, 4) is 0 Å². The number of nitrogens with one attached hydrogen (secondary N) is 1. The largest absolute Gasteiger partial charge is 0.322 e. The second kappa shape index (κ2) is 10.4. The zero-order valence-electron chi connectivity index (χ0n) is 21.5. The van der Waals surface area contributed by atoms with Crippen LogP contribution in [0.1, 0.15) is 93.7 Å². The standard InChI is InChI=1S/C28H39N7O/c1-2-20-12-13-25-21(18-20)19-24(28(36)29-25)26(27-30-31-32-35(27)23-10-6-7-11-23)34-16-14-33(15-17-34)22-8-4-3-5-9-22/h12-13,18-19,22-23,26H,2-11,14-17H2,1H3,(H,29,36)/t26-/m0/s1. The summed E-state index contributed by atoms with van der Waals surface area (Å²) in [6.45, 7) is 6.09. The Kier molecular flexibility index (Phi) is 6.89. The SMILES string of the molecule is CCc1ccc2[nH]c(=O)c([C@@H](c3nnnn3C3CCCC3)N3CCN(C4CCCCC4)CC3)cc2c1. The second-order valence-corrected chi connectivity index (χ2v) is 11.0. The van der Waals surface area contributed by atoms with Gasteiger partial charge in [0.1, 0.15) is 6.04 Å². The molecule has 3 fully saturated rings. The van der Waals surface area contributed by atoms with E-state index in [0.717, 1.165) is 73.8 Å². The molecule has 1 saturated heterocycles. The molecule has 3 aliphatic rings. The van der Waals surface area contributed by atoms with Gasteiger partial charge in [0.2, 0.25) is 0 Å². The number of hydrogen-bond acceptors (Lipinski definition) is 6. The third-order valence-electron chi connectivity index (χ3n) is 8.88. The Morgan fingerprint density at radius 1 is 0.944 bits per heavy atom. The Bertz CT molecular complexity index is 1230. The molecule has 3 heterocycles. The van der Waals surface area contributed by atoms with Crippen LogP contribution in [-0.2, 0) is 6.42 Å². The number of pyridine rings is 1. The highest BCUT2D eigenvalue weighted by Crippen LogP contribution is 2.35. The number of H-pyrrole nitrogens is 1. The lowest BCUT2D eigenvalue weighted by Crippen LogP contribution is -2.52. The highest BCUT2D eigenvalue weighted by atomic mass is 16.1. The zero-order chi connectivity index (χ0) is 24.5. The summed E-state index contributed by atoms with van der Waals surface area (Å²) in [7, 11) is 0. The molecular formula is C28H39N7O. The van der Waals surface area contributed by atoms with Crippen LogP contribution in [0.25, 0.3) is 10.9 Å². The maximum absolute atomic E-state index is 13.5. The van der Waals surface area contributed by atoms with E-state index < -0.39 is 0 Å². The van der Waals surface area contributed by atoms with Gasteiger partial charge in [0.15, 0.2) is 5.82 Å². The van der Waals surface area contributed by atoms with Crippen LogP contribution in [0.15, 0.2) is 29.1 Å². The molecule has 6 rings (SSSR count). The fourth-order valence-corrected chi connectivity index (χ4v) is 6.79. The van der Waals surface area contributed by atoms with E-state index in [1.54, 1.807) is 0 Å². The Morgan fingerprint density at radius 3 is 2.42 bits per heavy atom. The maximum atomic E-state index is 13.5. The Morgan fingerprint density at radius 2 is 1.67 bits per heavy atom. The molecule has 1 N–H and O–H groups in total. The van der Waals surface area contributed by atoms with Gasteiger partial charge in [-0.25, -0.2) is 4.68 Å². The minimum Gasteiger partial charge on any atom is -0.322 e. The first-order valence-corrected chi connectivity index (χ1v) is 14.1. The van der Waals surface area contributed by atoms with Gasteiger partial charge in [-0.2, -0.15) is 0 Å². The molecule has 2 aromatic heterocycles. The van der Waals surface area contributed by atoms with Crippen LogP contribution in [0, 0.1) is 0 Å². The van der Waals surface area contributed by atoms with Crippen molar-refractivity contribution >= 4 is 10.9 Å². The second-order valence-electron chi connectivity index (χ2n) is 11.0. The number of aromatic nitrogens is 5. The minimum absolute atomic E-state index is 0.0348. The number of hydrogen-bond donors (Lipinski definition) is 1. The van der Waals surface area contributed by atoms with E-state index >= 15 is 0 Å². The summed E-state index contributed by atoms with van der Waals surface area (Å²) in [5.41, 5.74) is 2.88. The number of fused-ring (bicyclic) bond motifs is 1. The third-order valence-corrected chi connectivity index (χ3v) is 8.88. The molecule has 2 saturated carbocycles. The van der Waals surface area contributed by atoms with E-state index in [4.69, 9.17) is 0 Å². The third kappa shape index (κ3) is 4.61. The Labute approximate surface area is 213 Å². The maximum Gasteiger partial charge on any atom is 0.253 e. The van der Waals surface area contributed by atoms with Gasteiger partial charge >= 0.3 is 0 Å². The molecule has 1 aliphatic heterocycles. The molecule has 2 aliphatic carbocycles. The summed E-state index contributed by atoms with van der Waals surface area (Å²) >= 11 is 0. The summed E-state index contributed by atoms with van der Waals surface area (Å²) < 4.78 is 2.04. The molecule has 1 atom stereocenters. The number of piperazine rings is 1. The van der Waals surface area contributed by atoms with E-state index in [1.807, 2.05) is 10.7 Å². The van der Waals surface area contributed by atoms with Crippen LogP contribution in [0.2, 0.25) is 0 Å². The Hall–Kier alpha value is -2.58. The van der Waals surface area contributed by atoms with Crippen molar-refractivity contribution in [3.05, 3.63) is 51.6 Å². The smallest absolute Gasteiger partial charge is 0.253 e. The number of nitrogens with zero attached hydrogens (tertiary/aromatic N) is 6. The Balaban J connectivity index is 1.37. The van der Waals surface area contributed by atoms with E-state index in [-0.39, 0.29) is 11.6 Å². The molecule has 192 valence electrons. The molecule has 8 nitrogen and oxygen atoms in total. The fourth-order valence-electron chi connectivity index (χ4n) is 6.79. The lowest BCUT2D eigenvalue weighted by atomic mass is 9.93. The van der Waals surface area contributed by atoms with Gasteiger partial charge in [-0.3, -0.25) is 14.6 Å². The molecular weight excluding hydrogens is 450 g/mol. The van der Waals surface area contributed by atoms with Crippen LogP contribution in [0.3, 0.4) is 0 Å². The molecule has 0 unspecified atom stereocenters. The van der Waals surface area contributed by atoms with Crippen molar-refractivity contribution in [2.45, 2.75) is 89.3 Å². The van der Waals surface area contributed by atoms with Crippen molar-refractivity contribution in [3.63, 3.8) is 0 Å². The van der Waals surface area contributed by atoms with E-state index in [0.29, 0.717) is 6.04 Å². The quantitative estimate of drug-likeness (QED) is 0.558. The lowest BCUT2D eigenvalue weighted by Gasteiger charge is -2.43. The fraction of sp³-hybridized carbons (Fsp3) is 0.643. The molecule has 0 bridgehead atoms. The summed E-state index contributed by atoms with van der Waals surface area (Å²) in [5.74, 6) is 0.824. The molecule has 1 aromatic carbocycles. The van der Waals surface area contributed by atoms with Crippen LogP contribution in [-0.4, -0.2) is 67.2 Å². The highest BCUT2D eigenvalue weighted by Gasteiger charge is 2.35. The first-order valence-electron chi connectivity index (χ1n) is 14.1. The average molecular weight is 490 g/mol. The summed E-state index contributed by atoms with van der Waals surface area (Å²) in [5, 5.41) is 14.2. The normalized spacial score (nSPS) is 21.9. The summed E-state index contributed by atoms with van der Waals surface area (Å²) in [6, 6.07) is 9.23. The molecule has 3 aromatic rings. The monoisotopic (exact) mass is 489 g/mol. The molecule has 36 heavy (non-hydrogen) atoms. The van der Waals surface area contributed by atoms with Crippen molar-refractivity contribution in [2.24, 2.45) is 0 Å². The summed E-state index contributed by atoms with van der Waals surface area (Å²) in [4.78, 5) is 21.9. The van der Waals surface area contributed by atoms with E-state index in [1.165, 1.54) is 50.5 Å².